The van der Waals surface area contributed by atoms with Crippen LogP contribution in [0.2, 0.25) is 0 Å². The Balaban J connectivity index is 2.14. The summed E-state index contributed by atoms with van der Waals surface area (Å²) in [5.74, 6) is 1.78. The highest BCUT2D eigenvalue weighted by atomic mass is 16.5. The summed E-state index contributed by atoms with van der Waals surface area (Å²) < 4.78 is 10.8. The molecule has 1 aliphatic rings. The van der Waals surface area contributed by atoms with Crippen LogP contribution in [0.15, 0.2) is 18.2 Å². The maximum Gasteiger partial charge on any atom is 0.123 e. The van der Waals surface area contributed by atoms with Crippen LogP contribution in [0.4, 0.5) is 0 Å². The highest BCUT2D eigenvalue weighted by Gasteiger charge is 2.42. The fourth-order valence-electron chi connectivity index (χ4n) is 2.47. The topological polar surface area (TPSA) is 30.5 Å². The molecule has 0 aliphatic heterocycles. The van der Waals surface area contributed by atoms with Gasteiger partial charge in [0.1, 0.15) is 11.5 Å². The Bertz CT molecular complexity index is 440. The van der Waals surface area contributed by atoms with Gasteiger partial charge in [-0.15, -0.1) is 0 Å². The van der Waals surface area contributed by atoms with Crippen molar-refractivity contribution in [3.05, 3.63) is 23.8 Å². The summed E-state index contributed by atoms with van der Waals surface area (Å²) >= 11 is 0. The molecule has 1 aromatic rings. The lowest BCUT2D eigenvalue weighted by atomic mass is 9.98. The highest BCUT2D eigenvalue weighted by Crippen LogP contribution is 2.48. The van der Waals surface area contributed by atoms with Gasteiger partial charge in [0.15, 0.2) is 0 Å². The van der Waals surface area contributed by atoms with Gasteiger partial charge < -0.3 is 14.8 Å². The molecule has 2 unspecified atom stereocenters. The lowest BCUT2D eigenvalue weighted by Crippen LogP contribution is -2.35. The maximum absolute atomic E-state index is 5.45. The first-order valence-corrected chi connectivity index (χ1v) is 6.98. The maximum atomic E-state index is 5.45. The molecular formula is C16H25NO2. The van der Waals surface area contributed by atoms with Gasteiger partial charge in [-0.05, 0) is 50.3 Å². The lowest BCUT2D eigenvalue weighted by Gasteiger charge is -2.26. The van der Waals surface area contributed by atoms with Gasteiger partial charge in [-0.25, -0.2) is 0 Å². The molecule has 2 rings (SSSR count). The van der Waals surface area contributed by atoms with E-state index in [0.717, 1.165) is 17.1 Å². The van der Waals surface area contributed by atoms with Gasteiger partial charge in [0.25, 0.3) is 0 Å². The second kappa shape index (κ2) is 5.41. The monoisotopic (exact) mass is 263 g/mol. The molecule has 3 nitrogen and oxygen atoms in total. The molecule has 106 valence electrons. The van der Waals surface area contributed by atoms with Crippen molar-refractivity contribution in [2.45, 2.75) is 45.7 Å². The zero-order valence-electron chi connectivity index (χ0n) is 12.6. The SMILES string of the molecule is COc1ccc(OC)c(C(C)NC(C)C2(C)CC2)c1. The zero-order valence-corrected chi connectivity index (χ0v) is 12.6. The predicted octanol–water partition coefficient (Wildman–Crippen LogP) is 3.54. The number of methoxy groups -OCH3 is 2. The number of hydrogen-bond donors (Lipinski definition) is 1. The van der Waals surface area contributed by atoms with Crippen LogP contribution >= 0.6 is 0 Å². The van der Waals surface area contributed by atoms with Crippen molar-refractivity contribution < 1.29 is 9.47 Å². The van der Waals surface area contributed by atoms with Crippen LogP contribution in [0.25, 0.3) is 0 Å². The van der Waals surface area contributed by atoms with Crippen molar-refractivity contribution in [1.82, 2.24) is 5.32 Å². The van der Waals surface area contributed by atoms with Crippen LogP contribution in [0, 0.1) is 5.41 Å². The molecule has 19 heavy (non-hydrogen) atoms. The molecule has 1 saturated carbocycles. The van der Waals surface area contributed by atoms with E-state index in [1.54, 1.807) is 14.2 Å². The Kier molecular flexibility index (Phi) is 4.04. The molecule has 2 atom stereocenters. The smallest absolute Gasteiger partial charge is 0.123 e. The number of ether oxygens (including phenoxy) is 2. The summed E-state index contributed by atoms with van der Waals surface area (Å²) in [6.45, 7) is 6.80. The molecule has 0 amide bonds. The molecule has 0 heterocycles. The lowest BCUT2D eigenvalue weighted by molar-refractivity contribution is 0.339. The molecule has 0 aromatic heterocycles. The number of hydrogen-bond acceptors (Lipinski definition) is 3. The third-order valence-corrected chi connectivity index (χ3v) is 4.49. The molecule has 0 saturated heterocycles. The van der Waals surface area contributed by atoms with Crippen molar-refractivity contribution >= 4 is 0 Å². The second-order valence-electron chi connectivity index (χ2n) is 5.87. The molecule has 0 bridgehead atoms. The Morgan fingerprint density at radius 3 is 2.37 bits per heavy atom. The van der Waals surface area contributed by atoms with Crippen molar-refractivity contribution in [2.75, 3.05) is 14.2 Å². The van der Waals surface area contributed by atoms with Gasteiger partial charge in [-0.3, -0.25) is 0 Å². The van der Waals surface area contributed by atoms with E-state index in [1.807, 2.05) is 12.1 Å². The van der Waals surface area contributed by atoms with Gasteiger partial charge in [0.2, 0.25) is 0 Å². The second-order valence-corrected chi connectivity index (χ2v) is 5.87. The summed E-state index contributed by atoms with van der Waals surface area (Å²) in [6, 6.07) is 6.71. The van der Waals surface area contributed by atoms with Gasteiger partial charge in [0.05, 0.1) is 14.2 Å². The van der Waals surface area contributed by atoms with Crippen LogP contribution in [0.3, 0.4) is 0 Å². The fourth-order valence-corrected chi connectivity index (χ4v) is 2.47. The first-order valence-electron chi connectivity index (χ1n) is 6.98. The van der Waals surface area contributed by atoms with Crippen molar-refractivity contribution in [1.29, 1.82) is 0 Å². The van der Waals surface area contributed by atoms with Gasteiger partial charge in [-0.1, -0.05) is 6.92 Å². The largest absolute Gasteiger partial charge is 0.497 e. The molecule has 1 fully saturated rings. The summed E-state index contributed by atoms with van der Waals surface area (Å²) in [4.78, 5) is 0. The molecule has 0 spiro atoms. The van der Waals surface area contributed by atoms with Gasteiger partial charge in [0, 0.05) is 17.6 Å². The summed E-state index contributed by atoms with van der Waals surface area (Å²) in [5, 5.41) is 3.69. The predicted molar refractivity (Wildman–Crippen MR) is 77.9 cm³/mol. The van der Waals surface area contributed by atoms with E-state index in [2.05, 4.69) is 32.2 Å². The Morgan fingerprint density at radius 2 is 1.84 bits per heavy atom. The number of rotatable bonds is 6. The Morgan fingerprint density at radius 1 is 1.16 bits per heavy atom. The van der Waals surface area contributed by atoms with Crippen molar-refractivity contribution in [3.8, 4) is 11.5 Å². The van der Waals surface area contributed by atoms with E-state index in [1.165, 1.54) is 12.8 Å². The van der Waals surface area contributed by atoms with Gasteiger partial charge >= 0.3 is 0 Å². The van der Waals surface area contributed by atoms with Gasteiger partial charge in [-0.2, -0.15) is 0 Å². The van der Waals surface area contributed by atoms with E-state index in [-0.39, 0.29) is 6.04 Å². The van der Waals surface area contributed by atoms with Crippen LogP contribution in [-0.2, 0) is 0 Å². The molecule has 0 radical (unpaired) electrons. The summed E-state index contributed by atoms with van der Waals surface area (Å²) in [7, 11) is 3.40. The quantitative estimate of drug-likeness (QED) is 0.851. The molecule has 1 aliphatic carbocycles. The van der Waals surface area contributed by atoms with Crippen LogP contribution in [0.5, 0.6) is 11.5 Å². The minimum atomic E-state index is 0.248. The van der Waals surface area contributed by atoms with Crippen LogP contribution in [-0.4, -0.2) is 20.3 Å². The Labute approximate surface area is 116 Å². The van der Waals surface area contributed by atoms with Crippen molar-refractivity contribution in [3.63, 3.8) is 0 Å². The Hall–Kier alpha value is -1.22. The summed E-state index contributed by atoms with van der Waals surface area (Å²) in [5.41, 5.74) is 1.62. The van der Waals surface area contributed by atoms with Crippen LogP contribution in [0.1, 0.15) is 45.2 Å². The van der Waals surface area contributed by atoms with E-state index < -0.39 is 0 Å². The normalized spacial score (nSPS) is 19.6. The fraction of sp³-hybridized carbons (Fsp3) is 0.625. The molecule has 1 aromatic carbocycles. The first-order chi connectivity index (χ1) is 9.00. The van der Waals surface area contributed by atoms with E-state index in [4.69, 9.17) is 9.47 Å². The zero-order chi connectivity index (χ0) is 14.0. The first kappa shape index (κ1) is 14.2. The molecular weight excluding hydrogens is 238 g/mol. The third-order valence-electron chi connectivity index (χ3n) is 4.49. The minimum absolute atomic E-state index is 0.248. The highest BCUT2D eigenvalue weighted by molar-refractivity contribution is 5.42. The number of nitrogens with one attached hydrogen (secondary N) is 1. The molecule has 1 N–H and O–H groups in total. The number of benzene rings is 1. The third kappa shape index (κ3) is 3.03. The average Bonchev–Trinajstić information content (AvgIpc) is 3.17. The van der Waals surface area contributed by atoms with E-state index in [0.29, 0.717) is 11.5 Å². The standard InChI is InChI=1S/C16H25NO2/c1-11(17-12(2)16(3)8-9-16)14-10-13(18-4)6-7-15(14)19-5/h6-7,10-12,17H,8-9H2,1-5H3. The van der Waals surface area contributed by atoms with E-state index >= 15 is 0 Å². The van der Waals surface area contributed by atoms with Crippen molar-refractivity contribution in [2.24, 2.45) is 5.41 Å². The molecule has 3 heteroatoms. The average molecular weight is 263 g/mol. The minimum Gasteiger partial charge on any atom is -0.497 e. The van der Waals surface area contributed by atoms with Crippen LogP contribution < -0.4 is 14.8 Å². The van der Waals surface area contributed by atoms with E-state index in [9.17, 15) is 0 Å². The summed E-state index contributed by atoms with van der Waals surface area (Å²) in [6.07, 6.45) is 2.65.